The summed E-state index contributed by atoms with van der Waals surface area (Å²) in [5, 5.41) is 16.7. The van der Waals surface area contributed by atoms with Gasteiger partial charge in [0.15, 0.2) is 5.96 Å². The molecule has 0 aliphatic carbocycles. The van der Waals surface area contributed by atoms with Crippen molar-refractivity contribution in [1.82, 2.24) is 15.4 Å². The van der Waals surface area contributed by atoms with Gasteiger partial charge in [0.05, 0.1) is 17.5 Å². The Kier molecular flexibility index (Phi) is 9.03. The van der Waals surface area contributed by atoms with Gasteiger partial charge < -0.3 is 15.7 Å². The number of benzene rings is 2. The van der Waals surface area contributed by atoms with Crippen molar-refractivity contribution < 1.29 is 13.5 Å². The zero-order valence-corrected chi connectivity index (χ0v) is 19.5. The van der Waals surface area contributed by atoms with Gasteiger partial charge in [0.25, 0.3) is 0 Å². The van der Waals surface area contributed by atoms with Crippen LogP contribution in [0.4, 0.5) is 0 Å². The minimum Gasteiger partial charge on any atom is -0.388 e. The molecular weight excluding hydrogens is 412 g/mol. The molecule has 0 aromatic heterocycles. The quantitative estimate of drug-likeness (QED) is 0.350. The highest BCUT2D eigenvalue weighted by Crippen LogP contribution is 2.19. The van der Waals surface area contributed by atoms with Gasteiger partial charge in [-0.2, -0.15) is 0 Å². The van der Waals surface area contributed by atoms with E-state index in [-0.39, 0.29) is 11.4 Å². The van der Waals surface area contributed by atoms with Gasteiger partial charge in [0, 0.05) is 18.6 Å². The van der Waals surface area contributed by atoms with Crippen molar-refractivity contribution in [3.8, 4) is 0 Å². The fourth-order valence-corrected chi connectivity index (χ4v) is 4.68. The van der Waals surface area contributed by atoms with Crippen LogP contribution in [0.25, 0.3) is 0 Å². The van der Waals surface area contributed by atoms with Gasteiger partial charge in [0.1, 0.15) is 0 Å². The maximum Gasteiger partial charge on any atom is 0.241 e. The number of rotatable bonds is 9. The lowest BCUT2D eigenvalue weighted by Crippen LogP contribution is -2.40. The molecule has 1 unspecified atom stereocenters. The number of nitrogens with zero attached hydrogens (tertiary/aromatic N) is 1. The molecule has 2 aromatic carbocycles. The lowest BCUT2D eigenvalue weighted by Gasteiger charge is -2.21. The summed E-state index contributed by atoms with van der Waals surface area (Å²) in [7, 11) is -3.66. The summed E-state index contributed by atoms with van der Waals surface area (Å²) in [5.41, 5.74) is 0.906. The van der Waals surface area contributed by atoms with Crippen LogP contribution in [-0.4, -0.2) is 38.1 Å². The minimum atomic E-state index is -3.66. The SMILES string of the molecule is CCNC(=NCc1ccccc1S(=O)(=O)NC(C)(C)C)NCCC(O)c1ccccc1. The van der Waals surface area contributed by atoms with Crippen molar-refractivity contribution in [2.75, 3.05) is 13.1 Å². The van der Waals surface area contributed by atoms with Gasteiger partial charge in [-0.1, -0.05) is 48.5 Å². The minimum absolute atomic E-state index is 0.206. The lowest BCUT2D eigenvalue weighted by atomic mass is 10.1. The Morgan fingerprint density at radius 3 is 2.32 bits per heavy atom. The molecule has 0 fully saturated rings. The van der Waals surface area contributed by atoms with E-state index in [0.29, 0.717) is 31.0 Å². The van der Waals surface area contributed by atoms with Crippen LogP contribution in [0.5, 0.6) is 0 Å². The maximum absolute atomic E-state index is 12.8. The standard InChI is InChI=1S/C23H34N4O3S/c1-5-24-22(25-16-15-20(28)18-11-7-6-8-12-18)26-17-19-13-9-10-14-21(19)31(29,30)27-23(2,3)4/h6-14,20,27-28H,5,15-17H2,1-4H3,(H2,24,25,26). The Morgan fingerprint density at radius 2 is 1.68 bits per heavy atom. The van der Waals surface area contributed by atoms with E-state index in [0.717, 1.165) is 5.56 Å². The fraction of sp³-hybridized carbons (Fsp3) is 0.435. The maximum atomic E-state index is 12.8. The van der Waals surface area contributed by atoms with Gasteiger partial charge in [-0.25, -0.2) is 18.1 Å². The van der Waals surface area contributed by atoms with Gasteiger partial charge in [-0.05, 0) is 51.3 Å². The van der Waals surface area contributed by atoms with Crippen molar-refractivity contribution in [3.05, 3.63) is 65.7 Å². The number of hydrogen-bond donors (Lipinski definition) is 4. The van der Waals surface area contributed by atoms with E-state index in [9.17, 15) is 13.5 Å². The Hall–Kier alpha value is -2.42. The van der Waals surface area contributed by atoms with Gasteiger partial charge in [-0.15, -0.1) is 0 Å². The molecule has 0 heterocycles. The predicted molar refractivity (Wildman–Crippen MR) is 125 cm³/mol. The monoisotopic (exact) mass is 446 g/mol. The number of guanidine groups is 1. The molecule has 0 radical (unpaired) electrons. The summed E-state index contributed by atoms with van der Waals surface area (Å²) in [4.78, 5) is 4.77. The molecule has 2 aromatic rings. The first-order chi connectivity index (χ1) is 14.6. The van der Waals surface area contributed by atoms with Crippen molar-refractivity contribution in [1.29, 1.82) is 0 Å². The molecule has 0 spiro atoms. The Bertz CT molecular complexity index is 954. The van der Waals surface area contributed by atoms with E-state index < -0.39 is 21.7 Å². The van der Waals surface area contributed by atoms with E-state index in [2.05, 4.69) is 20.3 Å². The average Bonchev–Trinajstić information content (AvgIpc) is 2.71. The smallest absolute Gasteiger partial charge is 0.241 e. The highest BCUT2D eigenvalue weighted by molar-refractivity contribution is 7.89. The molecule has 0 aliphatic rings. The molecule has 1 atom stereocenters. The molecule has 170 valence electrons. The molecule has 0 bridgehead atoms. The molecule has 2 rings (SSSR count). The van der Waals surface area contributed by atoms with Gasteiger partial charge in [-0.3, -0.25) is 0 Å². The van der Waals surface area contributed by atoms with E-state index in [1.165, 1.54) is 0 Å². The number of aliphatic hydroxyl groups excluding tert-OH is 1. The number of aliphatic imine (C=N–C) groups is 1. The van der Waals surface area contributed by atoms with Crippen LogP contribution in [0.3, 0.4) is 0 Å². The largest absolute Gasteiger partial charge is 0.388 e. The number of sulfonamides is 1. The molecular formula is C23H34N4O3S. The van der Waals surface area contributed by atoms with Gasteiger partial charge in [0.2, 0.25) is 10.0 Å². The summed E-state index contributed by atoms with van der Waals surface area (Å²) in [6.07, 6.45) is -0.0413. The van der Waals surface area contributed by atoms with E-state index >= 15 is 0 Å². The molecule has 0 aliphatic heterocycles. The molecule has 0 saturated carbocycles. The fourth-order valence-electron chi connectivity index (χ4n) is 3.03. The number of aliphatic hydroxyl groups is 1. The summed E-state index contributed by atoms with van der Waals surface area (Å²) < 4.78 is 28.3. The van der Waals surface area contributed by atoms with Crippen LogP contribution in [0.15, 0.2) is 64.5 Å². The van der Waals surface area contributed by atoms with Crippen molar-refractivity contribution in [3.63, 3.8) is 0 Å². The highest BCUT2D eigenvalue weighted by atomic mass is 32.2. The third-order valence-electron chi connectivity index (χ3n) is 4.35. The third-order valence-corrected chi connectivity index (χ3v) is 6.21. The zero-order valence-electron chi connectivity index (χ0n) is 18.7. The first-order valence-corrected chi connectivity index (χ1v) is 12.0. The van der Waals surface area contributed by atoms with Crippen LogP contribution in [0, 0.1) is 0 Å². The molecule has 8 heteroatoms. The second kappa shape index (κ2) is 11.3. The van der Waals surface area contributed by atoms with Crippen molar-refractivity contribution in [2.45, 2.75) is 57.2 Å². The molecule has 7 nitrogen and oxygen atoms in total. The van der Waals surface area contributed by atoms with E-state index in [1.54, 1.807) is 24.3 Å². The van der Waals surface area contributed by atoms with E-state index in [4.69, 9.17) is 0 Å². The van der Waals surface area contributed by atoms with Crippen LogP contribution in [0.2, 0.25) is 0 Å². The topological polar surface area (TPSA) is 103 Å². The first-order valence-electron chi connectivity index (χ1n) is 10.5. The predicted octanol–water partition coefficient (Wildman–Crippen LogP) is 2.94. The number of nitrogens with one attached hydrogen (secondary N) is 3. The normalized spacial score (nSPS) is 13.6. The Morgan fingerprint density at radius 1 is 1.03 bits per heavy atom. The van der Waals surface area contributed by atoms with Gasteiger partial charge >= 0.3 is 0 Å². The second-order valence-electron chi connectivity index (χ2n) is 8.30. The number of hydrogen-bond acceptors (Lipinski definition) is 4. The summed E-state index contributed by atoms with van der Waals surface area (Å²) >= 11 is 0. The lowest BCUT2D eigenvalue weighted by molar-refractivity contribution is 0.168. The van der Waals surface area contributed by atoms with Crippen LogP contribution < -0.4 is 15.4 Å². The summed E-state index contributed by atoms with van der Waals surface area (Å²) in [5.74, 6) is 0.568. The molecule has 4 N–H and O–H groups in total. The van der Waals surface area contributed by atoms with Crippen LogP contribution >= 0.6 is 0 Å². The van der Waals surface area contributed by atoms with Crippen LogP contribution in [0.1, 0.15) is 51.3 Å². The Balaban J connectivity index is 2.07. The second-order valence-corrected chi connectivity index (χ2v) is 9.95. The molecule has 0 amide bonds. The average molecular weight is 447 g/mol. The zero-order chi connectivity index (χ0) is 22.9. The summed E-state index contributed by atoms with van der Waals surface area (Å²) in [6, 6.07) is 16.4. The first kappa shape index (κ1) is 24.8. The van der Waals surface area contributed by atoms with Crippen molar-refractivity contribution in [2.24, 2.45) is 4.99 Å². The van der Waals surface area contributed by atoms with Crippen LogP contribution in [-0.2, 0) is 16.6 Å². The molecule has 0 saturated heterocycles. The summed E-state index contributed by atoms with van der Waals surface area (Å²) in [6.45, 7) is 8.78. The molecule has 31 heavy (non-hydrogen) atoms. The Labute approximate surface area is 186 Å². The van der Waals surface area contributed by atoms with E-state index in [1.807, 2.05) is 58.0 Å². The van der Waals surface area contributed by atoms with Crippen molar-refractivity contribution >= 4 is 16.0 Å². The highest BCUT2D eigenvalue weighted by Gasteiger charge is 2.24. The third kappa shape index (κ3) is 8.32.